The van der Waals surface area contributed by atoms with E-state index in [9.17, 15) is 9.59 Å². The maximum atomic E-state index is 11.8. The van der Waals surface area contributed by atoms with Gasteiger partial charge in [-0.15, -0.1) is 0 Å². The number of nitrogens with zero attached hydrogens (tertiary/aromatic N) is 1. The Balaban J connectivity index is 2.68. The number of hydrogen-bond acceptors (Lipinski definition) is 3. The fourth-order valence-corrected chi connectivity index (χ4v) is 1.84. The minimum Gasteiger partial charge on any atom is -0.480 e. The maximum absolute atomic E-state index is 11.8. The zero-order valence-electron chi connectivity index (χ0n) is 12.9. The molecule has 6 nitrogen and oxygen atoms in total. The molecule has 0 fully saturated rings. The molecule has 0 aliphatic heterocycles. The molecule has 1 rings (SSSR count). The Morgan fingerprint density at radius 3 is 2.10 bits per heavy atom. The van der Waals surface area contributed by atoms with Gasteiger partial charge in [0, 0.05) is 24.5 Å². The van der Waals surface area contributed by atoms with Crippen LogP contribution in [-0.4, -0.2) is 35.7 Å². The fraction of sp³-hybridized carbons (Fsp3) is 0.467. The summed E-state index contributed by atoms with van der Waals surface area (Å²) in [6.45, 7) is 8.85. The fourth-order valence-electron chi connectivity index (χ4n) is 1.84. The Hall–Kier alpha value is -2.24. The van der Waals surface area contributed by atoms with E-state index in [4.69, 9.17) is 5.11 Å². The number of carbonyl (C=O) groups excluding carboxylic acids is 1. The second-order valence-corrected chi connectivity index (χ2v) is 5.23. The maximum Gasteiger partial charge on any atom is 0.328 e. The summed E-state index contributed by atoms with van der Waals surface area (Å²) >= 11 is 0. The van der Waals surface area contributed by atoms with Crippen LogP contribution >= 0.6 is 0 Å². The minimum atomic E-state index is -1.31. The first-order valence-electron chi connectivity index (χ1n) is 6.97. The lowest BCUT2D eigenvalue weighted by Gasteiger charge is -2.22. The molecular weight excluding hydrogens is 270 g/mol. The molecule has 0 bridgehead atoms. The molecule has 1 aromatic rings. The molecule has 0 aliphatic rings. The van der Waals surface area contributed by atoms with Crippen molar-refractivity contribution < 1.29 is 14.7 Å². The molecular formula is C15H23N3O3. The van der Waals surface area contributed by atoms with Gasteiger partial charge in [0.05, 0.1) is 0 Å². The van der Waals surface area contributed by atoms with Crippen molar-refractivity contribution in [2.75, 3.05) is 23.3 Å². The van der Waals surface area contributed by atoms with Gasteiger partial charge in [0.15, 0.2) is 0 Å². The van der Waals surface area contributed by atoms with Crippen LogP contribution in [0.2, 0.25) is 0 Å². The van der Waals surface area contributed by atoms with Gasteiger partial charge >= 0.3 is 12.0 Å². The Morgan fingerprint density at radius 1 is 1.14 bits per heavy atom. The Kier molecular flexibility index (Phi) is 5.58. The summed E-state index contributed by atoms with van der Waals surface area (Å²) in [5.41, 5.74) is 0.382. The quantitative estimate of drug-likeness (QED) is 0.752. The molecule has 0 saturated heterocycles. The van der Waals surface area contributed by atoms with Gasteiger partial charge in [-0.25, -0.2) is 9.59 Å². The summed E-state index contributed by atoms with van der Waals surface area (Å²) in [6.07, 6.45) is 0. The van der Waals surface area contributed by atoms with Gasteiger partial charge < -0.3 is 20.6 Å². The summed E-state index contributed by atoms with van der Waals surface area (Å²) in [5.74, 6) is -1.09. The second kappa shape index (κ2) is 6.97. The van der Waals surface area contributed by atoms with Crippen molar-refractivity contribution in [3.8, 4) is 0 Å². The van der Waals surface area contributed by atoms with E-state index in [1.807, 2.05) is 12.1 Å². The molecule has 0 unspecified atom stereocenters. The SMILES string of the molecule is CCN(CC)c1ccc(NC(=O)NC(C)(C)C(=O)O)cc1. The van der Waals surface area contributed by atoms with Crippen LogP contribution in [0.4, 0.5) is 16.2 Å². The highest BCUT2D eigenvalue weighted by atomic mass is 16.4. The van der Waals surface area contributed by atoms with E-state index in [2.05, 4.69) is 29.4 Å². The van der Waals surface area contributed by atoms with Crippen molar-refractivity contribution in [2.24, 2.45) is 0 Å². The standard InChI is InChI=1S/C15H23N3O3/c1-5-18(6-2)12-9-7-11(8-10-12)16-14(21)17-15(3,4)13(19)20/h7-10H,5-6H2,1-4H3,(H,19,20)(H2,16,17,21). The number of nitrogens with one attached hydrogen (secondary N) is 2. The van der Waals surface area contributed by atoms with Crippen LogP contribution in [0.1, 0.15) is 27.7 Å². The Morgan fingerprint density at radius 2 is 1.67 bits per heavy atom. The van der Waals surface area contributed by atoms with Gasteiger partial charge in [-0.2, -0.15) is 0 Å². The zero-order chi connectivity index (χ0) is 16.0. The lowest BCUT2D eigenvalue weighted by atomic mass is 10.1. The molecule has 3 N–H and O–H groups in total. The molecule has 0 spiro atoms. The molecule has 0 atom stereocenters. The van der Waals surface area contributed by atoms with Crippen molar-refractivity contribution >= 4 is 23.4 Å². The van der Waals surface area contributed by atoms with E-state index in [0.717, 1.165) is 18.8 Å². The summed E-state index contributed by atoms with van der Waals surface area (Å²) < 4.78 is 0. The normalized spacial score (nSPS) is 10.9. The number of anilines is 2. The van der Waals surface area contributed by atoms with Gasteiger partial charge in [-0.1, -0.05) is 0 Å². The van der Waals surface area contributed by atoms with Crippen molar-refractivity contribution in [1.29, 1.82) is 0 Å². The van der Waals surface area contributed by atoms with Crippen LogP contribution in [0.15, 0.2) is 24.3 Å². The predicted molar refractivity (Wildman–Crippen MR) is 83.9 cm³/mol. The topological polar surface area (TPSA) is 81.7 Å². The Labute approximate surface area is 125 Å². The highest BCUT2D eigenvalue weighted by molar-refractivity contribution is 5.93. The molecule has 0 heterocycles. The number of aliphatic carboxylic acids is 1. The average Bonchev–Trinajstić information content (AvgIpc) is 2.41. The number of amides is 2. The van der Waals surface area contributed by atoms with Crippen molar-refractivity contribution in [1.82, 2.24) is 5.32 Å². The molecule has 0 aliphatic carbocycles. The first-order valence-corrected chi connectivity index (χ1v) is 6.97. The molecule has 2 amide bonds. The third-order valence-corrected chi connectivity index (χ3v) is 3.21. The summed E-state index contributed by atoms with van der Waals surface area (Å²) in [7, 11) is 0. The molecule has 0 saturated carbocycles. The third kappa shape index (κ3) is 4.66. The number of urea groups is 1. The van der Waals surface area contributed by atoms with E-state index in [1.54, 1.807) is 12.1 Å². The van der Waals surface area contributed by atoms with Crippen LogP contribution in [-0.2, 0) is 4.79 Å². The molecule has 0 aromatic heterocycles. The van der Waals surface area contributed by atoms with E-state index < -0.39 is 17.5 Å². The predicted octanol–water partition coefficient (Wildman–Crippen LogP) is 2.52. The van der Waals surface area contributed by atoms with Crippen LogP contribution in [0, 0.1) is 0 Å². The number of carbonyl (C=O) groups is 2. The minimum absolute atomic E-state index is 0.544. The number of benzene rings is 1. The summed E-state index contributed by atoms with van der Waals surface area (Å²) in [6, 6.07) is 6.88. The van der Waals surface area contributed by atoms with Crippen LogP contribution in [0.5, 0.6) is 0 Å². The highest BCUT2D eigenvalue weighted by Gasteiger charge is 2.28. The molecule has 116 valence electrons. The molecule has 0 radical (unpaired) electrons. The molecule has 6 heteroatoms. The van der Waals surface area contributed by atoms with Crippen LogP contribution in [0.3, 0.4) is 0 Å². The van der Waals surface area contributed by atoms with Gasteiger partial charge in [-0.05, 0) is 52.0 Å². The number of rotatable bonds is 6. The van der Waals surface area contributed by atoms with Crippen LogP contribution in [0.25, 0.3) is 0 Å². The van der Waals surface area contributed by atoms with E-state index in [0.29, 0.717) is 5.69 Å². The molecule has 1 aromatic carbocycles. The lowest BCUT2D eigenvalue weighted by Crippen LogP contribution is -2.51. The van der Waals surface area contributed by atoms with Gasteiger partial charge in [0.1, 0.15) is 5.54 Å². The molecule has 21 heavy (non-hydrogen) atoms. The van der Waals surface area contributed by atoms with Crippen molar-refractivity contribution in [3.05, 3.63) is 24.3 Å². The van der Waals surface area contributed by atoms with E-state index in [1.165, 1.54) is 13.8 Å². The largest absolute Gasteiger partial charge is 0.480 e. The average molecular weight is 293 g/mol. The first-order chi connectivity index (χ1) is 9.80. The highest BCUT2D eigenvalue weighted by Crippen LogP contribution is 2.17. The van der Waals surface area contributed by atoms with Crippen molar-refractivity contribution in [2.45, 2.75) is 33.2 Å². The van der Waals surface area contributed by atoms with E-state index in [-0.39, 0.29) is 0 Å². The van der Waals surface area contributed by atoms with Gasteiger partial charge in [-0.3, -0.25) is 0 Å². The van der Waals surface area contributed by atoms with Gasteiger partial charge in [0.2, 0.25) is 0 Å². The second-order valence-electron chi connectivity index (χ2n) is 5.23. The van der Waals surface area contributed by atoms with E-state index >= 15 is 0 Å². The van der Waals surface area contributed by atoms with Gasteiger partial charge in [0.25, 0.3) is 0 Å². The van der Waals surface area contributed by atoms with Crippen molar-refractivity contribution in [3.63, 3.8) is 0 Å². The number of hydrogen-bond donors (Lipinski definition) is 3. The summed E-state index contributed by atoms with van der Waals surface area (Å²) in [5, 5.41) is 14.0. The van der Waals surface area contributed by atoms with Crippen LogP contribution < -0.4 is 15.5 Å². The lowest BCUT2D eigenvalue weighted by molar-refractivity contribution is -0.142. The monoisotopic (exact) mass is 293 g/mol. The summed E-state index contributed by atoms with van der Waals surface area (Å²) in [4.78, 5) is 24.9. The zero-order valence-corrected chi connectivity index (χ0v) is 12.9. The smallest absolute Gasteiger partial charge is 0.328 e. The number of carboxylic acid groups (broad SMARTS) is 1. The third-order valence-electron chi connectivity index (χ3n) is 3.21. The number of carboxylic acids is 1. The Bertz CT molecular complexity index is 493. The first kappa shape index (κ1) is 16.8.